The number of rotatable bonds is 3. The van der Waals surface area contributed by atoms with Gasteiger partial charge in [0.25, 0.3) is 0 Å². The zero-order valence-electron chi connectivity index (χ0n) is 8.94. The quantitative estimate of drug-likeness (QED) is 0.935. The van der Waals surface area contributed by atoms with Crippen LogP contribution in [0, 0.1) is 0 Å². The van der Waals surface area contributed by atoms with Crippen molar-refractivity contribution in [3.05, 3.63) is 23.7 Å². The van der Waals surface area contributed by atoms with Crippen LogP contribution in [0.25, 0.3) is 11.4 Å². The minimum absolute atomic E-state index is 0.0549. The van der Waals surface area contributed by atoms with E-state index in [0.717, 1.165) is 0 Å². The van der Waals surface area contributed by atoms with Gasteiger partial charge in [0.1, 0.15) is 11.4 Å². The molecular formula is C10H8F3N3OS. The average molecular weight is 275 g/mol. The smallest absolute Gasteiger partial charge is 0.422 e. The summed E-state index contributed by atoms with van der Waals surface area (Å²) in [5.41, 5.74) is 6.58. The van der Waals surface area contributed by atoms with Crippen molar-refractivity contribution in [2.75, 3.05) is 12.3 Å². The van der Waals surface area contributed by atoms with Gasteiger partial charge < -0.3 is 10.5 Å². The van der Waals surface area contributed by atoms with Gasteiger partial charge in [-0.15, -0.1) is 11.3 Å². The summed E-state index contributed by atoms with van der Waals surface area (Å²) >= 11 is 1.26. The first kappa shape index (κ1) is 12.6. The number of nitrogens with zero attached hydrogens (tertiary/aromatic N) is 2. The minimum Gasteiger partial charge on any atom is -0.483 e. The molecule has 2 aromatic heterocycles. The van der Waals surface area contributed by atoms with E-state index in [1.807, 2.05) is 0 Å². The maximum absolute atomic E-state index is 11.9. The first-order chi connectivity index (χ1) is 8.44. The molecule has 0 fully saturated rings. The van der Waals surface area contributed by atoms with E-state index in [1.54, 1.807) is 5.38 Å². The Hall–Kier alpha value is -1.83. The Kier molecular flexibility index (Phi) is 3.37. The minimum atomic E-state index is -4.36. The number of pyridine rings is 1. The summed E-state index contributed by atoms with van der Waals surface area (Å²) in [4.78, 5) is 7.97. The van der Waals surface area contributed by atoms with Crippen molar-refractivity contribution in [1.82, 2.24) is 9.97 Å². The van der Waals surface area contributed by atoms with E-state index in [9.17, 15) is 13.2 Å². The van der Waals surface area contributed by atoms with Gasteiger partial charge in [-0.1, -0.05) is 0 Å². The van der Waals surface area contributed by atoms with Crippen LogP contribution < -0.4 is 10.5 Å². The fraction of sp³-hybridized carbons (Fsp3) is 0.200. The van der Waals surface area contributed by atoms with Gasteiger partial charge >= 0.3 is 6.18 Å². The third kappa shape index (κ3) is 3.33. The summed E-state index contributed by atoms with van der Waals surface area (Å²) in [5.74, 6) is 0.0549. The molecule has 8 heteroatoms. The highest BCUT2D eigenvalue weighted by Crippen LogP contribution is 2.23. The molecule has 2 rings (SSSR count). The first-order valence-corrected chi connectivity index (χ1v) is 5.69. The lowest BCUT2D eigenvalue weighted by molar-refractivity contribution is -0.153. The molecule has 0 saturated heterocycles. The molecule has 0 aliphatic heterocycles. The summed E-state index contributed by atoms with van der Waals surface area (Å²) < 4.78 is 40.3. The van der Waals surface area contributed by atoms with Gasteiger partial charge in [0.05, 0.1) is 11.9 Å². The molecular weight excluding hydrogens is 267 g/mol. The summed E-state index contributed by atoms with van der Waals surface area (Å²) in [5, 5.41) is 2.12. The van der Waals surface area contributed by atoms with Gasteiger partial charge in [0.15, 0.2) is 11.7 Å². The highest BCUT2D eigenvalue weighted by atomic mass is 32.1. The first-order valence-electron chi connectivity index (χ1n) is 4.81. The van der Waals surface area contributed by atoms with Crippen LogP contribution in [-0.2, 0) is 0 Å². The zero-order chi connectivity index (χ0) is 13.2. The second-order valence-electron chi connectivity index (χ2n) is 3.35. The van der Waals surface area contributed by atoms with Crippen molar-refractivity contribution in [3.63, 3.8) is 0 Å². The van der Waals surface area contributed by atoms with Crippen LogP contribution in [0.15, 0.2) is 23.7 Å². The molecule has 0 aliphatic rings. The van der Waals surface area contributed by atoms with E-state index < -0.39 is 12.8 Å². The summed E-state index contributed by atoms with van der Waals surface area (Å²) in [6, 6.07) is 2.93. The Labute approximate surface area is 104 Å². The maximum atomic E-state index is 11.9. The Morgan fingerprint density at radius 2 is 2.06 bits per heavy atom. The summed E-state index contributed by atoms with van der Waals surface area (Å²) in [6.07, 6.45) is -3.14. The lowest BCUT2D eigenvalue weighted by Crippen LogP contribution is -2.19. The van der Waals surface area contributed by atoms with Crippen LogP contribution in [-0.4, -0.2) is 22.8 Å². The van der Waals surface area contributed by atoms with Crippen molar-refractivity contribution in [3.8, 4) is 17.1 Å². The molecule has 0 amide bonds. The number of alkyl halides is 3. The van der Waals surface area contributed by atoms with E-state index in [0.29, 0.717) is 16.5 Å². The van der Waals surface area contributed by atoms with Crippen molar-refractivity contribution < 1.29 is 17.9 Å². The molecule has 0 unspecified atom stereocenters. The van der Waals surface area contributed by atoms with E-state index in [1.165, 1.54) is 29.7 Å². The summed E-state index contributed by atoms with van der Waals surface area (Å²) in [7, 11) is 0. The Morgan fingerprint density at radius 1 is 1.28 bits per heavy atom. The number of aromatic nitrogens is 2. The highest BCUT2D eigenvalue weighted by Gasteiger charge is 2.28. The SMILES string of the molecule is Nc1nc(-c2ccc(OCC(F)(F)F)cn2)cs1. The molecule has 0 aromatic carbocycles. The molecule has 0 spiro atoms. The number of anilines is 1. The maximum Gasteiger partial charge on any atom is 0.422 e. The highest BCUT2D eigenvalue weighted by molar-refractivity contribution is 7.13. The van der Waals surface area contributed by atoms with Crippen LogP contribution in [0.5, 0.6) is 5.75 Å². The monoisotopic (exact) mass is 275 g/mol. The van der Waals surface area contributed by atoms with Crippen molar-refractivity contribution in [2.45, 2.75) is 6.18 Å². The molecule has 4 nitrogen and oxygen atoms in total. The van der Waals surface area contributed by atoms with Crippen LogP contribution in [0.1, 0.15) is 0 Å². The molecule has 2 aromatic rings. The number of nitrogens with two attached hydrogens (primary N) is 1. The molecule has 0 atom stereocenters. The van der Waals surface area contributed by atoms with Crippen LogP contribution in [0.2, 0.25) is 0 Å². The third-order valence-corrected chi connectivity index (χ3v) is 2.60. The largest absolute Gasteiger partial charge is 0.483 e. The third-order valence-electron chi connectivity index (χ3n) is 1.92. The zero-order valence-corrected chi connectivity index (χ0v) is 9.76. The second-order valence-corrected chi connectivity index (χ2v) is 4.24. The number of ether oxygens (including phenoxy) is 1. The molecule has 0 bridgehead atoms. The van der Waals surface area contributed by atoms with Crippen LogP contribution in [0.4, 0.5) is 18.3 Å². The lowest BCUT2D eigenvalue weighted by atomic mass is 10.3. The standard InChI is InChI=1S/C10H8F3N3OS/c11-10(12,13)5-17-6-1-2-7(15-3-6)8-4-18-9(14)16-8/h1-4H,5H2,(H2,14,16). The van der Waals surface area contributed by atoms with Gasteiger partial charge in [0, 0.05) is 5.38 Å². The van der Waals surface area contributed by atoms with Gasteiger partial charge in [-0.2, -0.15) is 13.2 Å². The van der Waals surface area contributed by atoms with Crippen molar-refractivity contribution in [1.29, 1.82) is 0 Å². The molecule has 96 valence electrons. The molecule has 2 heterocycles. The Bertz CT molecular complexity index is 524. The number of thiazole rings is 1. The average Bonchev–Trinajstić information content (AvgIpc) is 2.73. The molecule has 18 heavy (non-hydrogen) atoms. The van der Waals surface area contributed by atoms with Gasteiger partial charge in [-0.3, -0.25) is 4.98 Å². The fourth-order valence-corrected chi connectivity index (χ4v) is 1.74. The number of nitrogen functional groups attached to an aromatic ring is 1. The molecule has 2 N–H and O–H groups in total. The van der Waals surface area contributed by atoms with Gasteiger partial charge in [0.2, 0.25) is 0 Å². The number of hydrogen-bond donors (Lipinski definition) is 1. The van der Waals surface area contributed by atoms with E-state index >= 15 is 0 Å². The van der Waals surface area contributed by atoms with Crippen molar-refractivity contribution >= 4 is 16.5 Å². The molecule has 0 radical (unpaired) electrons. The van der Waals surface area contributed by atoms with Crippen LogP contribution in [0.3, 0.4) is 0 Å². The van der Waals surface area contributed by atoms with Crippen molar-refractivity contribution in [2.24, 2.45) is 0 Å². The Morgan fingerprint density at radius 3 is 2.56 bits per heavy atom. The fourth-order valence-electron chi connectivity index (χ4n) is 1.19. The van der Waals surface area contributed by atoms with Gasteiger partial charge in [-0.05, 0) is 12.1 Å². The topological polar surface area (TPSA) is 61.0 Å². The normalized spacial score (nSPS) is 11.5. The molecule has 0 saturated carbocycles. The van der Waals surface area contributed by atoms with E-state index in [4.69, 9.17) is 5.73 Å². The Balaban J connectivity index is 2.06. The second kappa shape index (κ2) is 4.81. The van der Waals surface area contributed by atoms with E-state index in [2.05, 4.69) is 14.7 Å². The van der Waals surface area contributed by atoms with E-state index in [-0.39, 0.29) is 5.75 Å². The van der Waals surface area contributed by atoms with Gasteiger partial charge in [-0.25, -0.2) is 4.98 Å². The number of hydrogen-bond acceptors (Lipinski definition) is 5. The molecule has 0 aliphatic carbocycles. The number of halogens is 3. The predicted octanol–water partition coefficient (Wildman–Crippen LogP) is 2.73. The predicted molar refractivity (Wildman–Crippen MR) is 61.3 cm³/mol. The lowest BCUT2D eigenvalue weighted by Gasteiger charge is -2.08. The van der Waals surface area contributed by atoms with Crippen LogP contribution >= 0.6 is 11.3 Å². The summed E-state index contributed by atoms with van der Waals surface area (Å²) in [6.45, 7) is -1.34.